The van der Waals surface area contributed by atoms with Gasteiger partial charge in [-0.3, -0.25) is 4.79 Å². The van der Waals surface area contributed by atoms with Gasteiger partial charge >= 0.3 is 5.97 Å². The van der Waals surface area contributed by atoms with E-state index in [0.29, 0.717) is 6.04 Å². The first-order chi connectivity index (χ1) is 9.70. The predicted octanol–water partition coefficient (Wildman–Crippen LogP) is 2.23. The number of thioether (sulfide) groups is 1. The Bertz CT molecular complexity index is 543. The fraction of sp³-hybridized carbons (Fsp3) is 0.786. The first kappa shape index (κ1) is 12.7. The van der Waals surface area contributed by atoms with Crippen LogP contribution < -0.4 is 0 Å². The van der Waals surface area contributed by atoms with Crippen molar-refractivity contribution in [1.82, 2.24) is 14.8 Å². The molecule has 4 rings (SSSR count). The first-order valence-electron chi connectivity index (χ1n) is 7.49. The van der Waals surface area contributed by atoms with Crippen LogP contribution in [-0.4, -0.2) is 31.6 Å². The summed E-state index contributed by atoms with van der Waals surface area (Å²) in [4.78, 5) is 10.8. The maximum Gasteiger partial charge on any atom is 0.313 e. The fourth-order valence-corrected chi connectivity index (χ4v) is 5.41. The Hall–Kier alpha value is -1.04. The number of aliphatic carboxylic acids is 1. The van der Waals surface area contributed by atoms with Crippen LogP contribution in [0.25, 0.3) is 0 Å². The normalized spacial score (nSPS) is 37.1. The van der Waals surface area contributed by atoms with Crippen molar-refractivity contribution in [2.45, 2.75) is 43.8 Å². The number of aryl methyl sites for hydroxylation is 1. The third-order valence-electron chi connectivity index (χ3n) is 5.37. The number of carboxylic acid groups (broad SMARTS) is 1. The third-order valence-corrected chi connectivity index (χ3v) is 6.30. The molecule has 3 aliphatic rings. The summed E-state index contributed by atoms with van der Waals surface area (Å²) in [6.07, 6.45) is 5.08. The SMILES string of the molecule is CCc1nnc(SCC(=O)O)n1C1C2C3CCC(C3)C21. The molecule has 3 fully saturated rings. The molecule has 3 aliphatic carbocycles. The Morgan fingerprint density at radius 2 is 2.05 bits per heavy atom. The number of rotatable bonds is 5. The Labute approximate surface area is 122 Å². The topological polar surface area (TPSA) is 68.0 Å². The average molecular weight is 293 g/mol. The average Bonchev–Trinajstić information content (AvgIpc) is 2.83. The van der Waals surface area contributed by atoms with E-state index in [9.17, 15) is 4.79 Å². The summed E-state index contributed by atoms with van der Waals surface area (Å²) in [5.41, 5.74) is 0. The lowest BCUT2D eigenvalue weighted by molar-refractivity contribution is -0.133. The summed E-state index contributed by atoms with van der Waals surface area (Å²) in [5, 5.41) is 18.2. The second-order valence-electron chi connectivity index (χ2n) is 6.28. The maximum absolute atomic E-state index is 10.8. The lowest BCUT2D eigenvalue weighted by atomic mass is 10.0. The van der Waals surface area contributed by atoms with E-state index in [1.54, 1.807) is 0 Å². The zero-order valence-corrected chi connectivity index (χ0v) is 12.3. The summed E-state index contributed by atoms with van der Waals surface area (Å²) in [5.74, 6) is 3.74. The smallest absolute Gasteiger partial charge is 0.313 e. The van der Waals surface area contributed by atoms with Crippen LogP contribution in [0.3, 0.4) is 0 Å². The van der Waals surface area contributed by atoms with E-state index in [1.807, 2.05) is 0 Å². The Morgan fingerprint density at radius 3 is 2.65 bits per heavy atom. The van der Waals surface area contributed by atoms with Gasteiger partial charge in [0.15, 0.2) is 5.16 Å². The molecule has 6 heteroatoms. The maximum atomic E-state index is 10.8. The molecule has 20 heavy (non-hydrogen) atoms. The van der Waals surface area contributed by atoms with Gasteiger partial charge in [0.25, 0.3) is 0 Å². The Kier molecular flexibility index (Phi) is 2.84. The summed E-state index contributed by atoms with van der Waals surface area (Å²) in [6.45, 7) is 2.10. The fourth-order valence-electron chi connectivity index (χ4n) is 4.70. The van der Waals surface area contributed by atoms with Crippen molar-refractivity contribution in [2.75, 3.05) is 5.75 Å². The van der Waals surface area contributed by atoms with Crippen LogP contribution in [0.15, 0.2) is 5.16 Å². The summed E-state index contributed by atoms with van der Waals surface area (Å²) in [7, 11) is 0. The monoisotopic (exact) mass is 293 g/mol. The zero-order chi connectivity index (χ0) is 13.9. The third kappa shape index (κ3) is 1.73. The van der Waals surface area contributed by atoms with Gasteiger partial charge in [0.1, 0.15) is 5.82 Å². The van der Waals surface area contributed by atoms with E-state index in [-0.39, 0.29) is 5.75 Å². The Morgan fingerprint density at radius 1 is 1.35 bits per heavy atom. The van der Waals surface area contributed by atoms with Gasteiger partial charge in [0.2, 0.25) is 0 Å². The molecule has 1 N–H and O–H groups in total. The molecule has 0 aliphatic heterocycles. The first-order valence-corrected chi connectivity index (χ1v) is 8.47. The van der Waals surface area contributed by atoms with Gasteiger partial charge < -0.3 is 9.67 Å². The molecule has 0 saturated heterocycles. The lowest BCUT2D eigenvalue weighted by Gasteiger charge is -2.13. The van der Waals surface area contributed by atoms with Crippen LogP contribution in [0.1, 0.15) is 38.1 Å². The van der Waals surface area contributed by atoms with E-state index < -0.39 is 5.97 Å². The molecule has 5 nitrogen and oxygen atoms in total. The number of fused-ring (bicyclic) bond motifs is 5. The quantitative estimate of drug-likeness (QED) is 0.843. The minimum absolute atomic E-state index is 0.0662. The van der Waals surface area contributed by atoms with Gasteiger partial charge in [0, 0.05) is 12.5 Å². The van der Waals surface area contributed by atoms with Crippen molar-refractivity contribution in [3.63, 3.8) is 0 Å². The molecular formula is C14H19N3O2S. The van der Waals surface area contributed by atoms with E-state index in [4.69, 9.17) is 5.11 Å². The van der Waals surface area contributed by atoms with E-state index in [1.165, 1.54) is 31.0 Å². The minimum Gasteiger partial charge on any atom is -0.481 e. The minimum atomic E-state index is -0.793. The van der Waals surface area contributed by atoms with Crippen molar-refractivity contribution in [2.24, 2.45) is 23.7 Å². The van der Waals surface area contributed by atoms with Crippen molar-refractivity contribution < 1.29 is 9.90 Å². The van der Waals surface area contributed by atoms with Crippen molar-refractivity contribution in [3.8, 4) is 0 Å². The molecule has 3 saturated carbocycles. The van der Waals surface area contributed by atoms with E-state index >= 15 is 0 Å². The van der Waals surface area contributed by atoms with Crippen LogP contribution in [0, 0.1) is 23.7 Å². The molecule has 1 heterocycles. The van der Waals surface area contributed by atoms with E-state index in [0.717, 1.165) is 41.1 Å². The van der Waals surface area contributed by atoms with Crippen LogP contribution in [0.5, 0.6) is 0 Å². The van der Waals surface area contributed by atoms with Crippen molar-refractivity contribution in [1.29, 1.82) is 0 Å². The molecule has 0 radical (unpaired) electrons. The number of carboxylic acids is 1. The number of aromatic nitrogens is 3. The van der Waals surface area contributed by atoms with Gasteiger partial charge in [0.05, 0.1) is 5.75 Å². The zero-order valence-electron chi connectivity index (χ0n) is 11.5. The highest BCUT2D eigenvalue weighted by Crippen LogP contribution is 2.71. The largest absolute Gasteiger partial charge is 0.481 e. The highest BCUT2D eigenvalue weighted by molar-refractivity contribution is 7.99. The van der Waals surface area contributed by atoms with Gasteiger partial charge in [-0.25, -0.2) is 0 Å². The highest BCUT2D eigenvalue weighted by Gasteiger charge is 2.66. The summed E-state index contributed by atoms with van der Waals surface area (Å²) < 4.78 is 2.27. The predicted molar refractivity (Wildman–Crippen MR) is 74.6 cm³/mol. The van der Waals surface area contributed by atoms with Crippen LogP contribution >= 0.6 is 11.8 Å². The second kappa shape index (κ2) is 4.48. The van der Waals surface area contributed by atoms with Gasteiger partial charge in [-0.15, -0.1) is 10.2 Å². The standard InChI is InChI=1S/C14H19N3O2S/c1-2-9-15-16-14(20-6-10(18)19)17(9)13-11-7-3-4-8(5-7)12(11)13/h7-8,11-13H,2-6H2,1H3,(H,18,19). The van der Waals surface area contributed by atoms with E-state index in [2.05, 4.69) is 21.7 Å². The van der Waals surface area contributed by atoms with Gasteiger partial charge in [-0.2, -0.15) is 0 Å². The van der Waals surface area contributed by atoms with Crippen LogP contribution in [0.4, 0.5) is 0 Å². The van der Waals surface area contributed by atoms with Crippen molar-refractivity contribution >= 4 is 17.7 Å². The van der Waals surface area contributed by atoms with Gasteiger partial charge in [-0.05, 0) is 42.9 Å². The molecule has 4 unspecified atom stereocenters. The molecule has 108 valence electrons. The number of hydrogen-bond donors (Lipinski definition) is 1. The summed E-state index contributed by atoms with van der Waals surface area (Å²) in [6, 6.07) is 0.558. The number of nitrogens with zero attached hydrogens (tertiary/aromatic N) is 3. The molecular weight excluding hydrogens is 274 g/mol. The molecule has 4 atom stereocenters. The number of hydrogen-bond acceptors (Lipinski definition) is 4. The molecule has 1 aromatic rings. The molecule has 2 bridgehead atoms. The molecule has 0 amide bonds. The van der Waals surface area contributed by atoms with Crippen LogP contribution in [-0.2, 0) is 11.2 Å². The highest BCUT2D eigenvalue weighted by atomic mass is 32.2. The van der Waals surface area contributed by atoms with Crippen LogP contribution in [0.2, 0.25) is 0 Å². The summed E-state index contributed by atoms with van der Waals surface area (Å²) >= 11 is 1.31. The second-order valence-corrected chi connectivity index (χ2v) is 7.23. The van der Waals surface area contributed by atoms with Crippen molar-refractivity contribution in [3.05, 3.63) is 5.82 Å². The number of carbonyl (C=O) groups is 1. The van der Waals surface area contributed by atoms with Gasteiger partial charge in [-0.1, -0.05) is 18.7 Å². The molecule has 0 spiro atoms. The molecule has 0 aromatic carbocycles. The lowest BCUT2D eigenvalue weighted by Crippen LogP contribution is -2.10. The Balaban J connectivity index is 1.61. The molecule has 1 aromatic heterocycles.